The number of fused-ring (bicyclic) bond motifs is 2. The molecule has 2 aliphatic heterocycles. The van der Waals surface area contributed by atoms with Gasteiger partial charge in [-0.05, 0) is 120 Å². The van der Waals surface area contributed by atoms with Gasteiger partial charge in [-0.2, -0.15) is 5.10 Å². The van der Waals surface area contributed by atoms with Gasteiger partial charge in [0, 0.05) is 74.7 Å². The maximum atomic E-state index is 14.2. The van der Waals surface area contributed by atoms with Crippen molar-refractivity contribution in [1.82, 2.24) is 33.7 Å². The van der Waals surface area contributed by atoms with Crippen LogP contribution in [0.3, 0.4) is 0 Å². The summed E-state index contributed by atoms with van der Waals surface area (Å²) in [7, 11) is -7.77. The first kappa shape index (κ1) is 45.5. The van der Waals surface area contributed by atoms with Crippen LogP contribution in [0.15, 0.2) is 101 Å². The molecule has 0 radical (unpaired) electrons. The Bertz CT molecular complexity index is 3080. The number of rotatable bonds is 13. The standard InChI is InChI=1S/C47H53ClN10O6S2/c1-47(2)16-12-34(39(27-47)32-4-6-35(48)7-5-32)30-55-20-22-56(23-21-55)36-8-10-38(43(25-36)58-44-24-33-13-17-49-45(33)52-42(44)29-51-58)46(59)54-66(63,64)37-9-11-40(41(26-37)53-60)50-28-31-14-18-57(19-15-31)65(3,61)62/h4-11,13,17,24-26,29,31,50H,12,14-16,18-23,27-28,30H2,1-3H3,(H,49,52)(H,54,59). The molecule has 5 heterocycles. The predicted molar refractivity (Wildman–Crippen MR) is 260 cm³/mol. The molecule has 3 N–H and O–H groups in total. The molecule has 2 fully saturated rings. The summed E-state index contributed by atoms with van der Waals surface area (Å²) in [6, 6.07) is 21.2. The van der Waals surface area contributed by atoms with Crippen LogP contribution in [0, 0.1) is 16.2 Å². The van der Waals surface area contributed by atoms with Crippen LogP contribution in [0.5, 0.6) is 0 Å². The number of pyridine rings is 1. The number of nitroso groups, excluding NO2 is 1. The summed E-state index contributed by atoms with van der Waals surface area (Å²) in [4.78, 5) is 38.5. The Labute approximate surface area is 389 Å². The second-order valence-corrected chi connectivity index (χ2v) is 22.6. The molecule has 0 saturated carbocycles. The number of anilines is 2. The smallest absolute Gasteiger partial charge is 0.267 e. The lowest BCUT2D eigenvalue weighted by Gasteiger charge is -2.39. The molecule has 2 saturated heterocycles. The van der Waals surface area contributed by atoms with E-state index in [1.54, 1.807) is 23.1 Å². The van der Waals surface area contributed by atoms with Crippen LogP contribution >= 0.6 is 11.6 Å². The first-order valence-corrected chi connectivity index (χ1v) is 25.9. The van der Waals surface area contributed by atoms with Gasteiger partial charge in [-0.1, -0.05) is 43.2 Å². The summed E-state index contributed by atoms with van der Waals surface area (Å²) in [6.45, 7) is 9.93. The molecule has 1 amide bonds. The van der Waals surface area contributed by atoms with Crippen molar-refractivity contribution in [2.75, 3.05) is 68.8 Å². The molecule has 0 unspecified atom stereocenters. The van der Waals surface area contributed by atoms with Crippen molar-refractivity contribution < 1.29 is 21.6 Å². The lowest BCUT2D eigenvalue weighted by atomic mass is 9.72. The minimum Gasteiger partial charge on any atom is -0.383 e. The number of carbonyl (C=O) groups excluding carboxylic acids is 1. The number of aromatic nitrogens is 4. The number of benzene rings is 3. The largest absolute Gasteiger partial charge is 0.383 e. The van der Waals surface area contributed by atoms with E-state index >= 15 is 0 Å². The number of piperazine rings is 1. The minimum atomic E-state index is -4.50. The fourth-order valence-corrected chi connectivity index (χ4v) is 11.4. The first-order valence-electron chi connectivity index (χ1n) is 22.2. The zero-order valence-corrected chi connectivity index (χ0v) is 39.5. The number of sulfonamides is 2. The summed E-state index contributed by atoms with van der Waals surface area (Å²) in [5.74, 6) is -0.747. The molecule has 3 aromatic carbocycles. The molecule has 1 aliphatic carbocycles. The van der Waals surface area contributed by atoms with Crippen molar-refractivity contribution >= 4 is 82.3 Å². The van der Waals surface area contributed by atoms with Crippen LogP contribution in [0.1, 0.15) is 61.9 Å². The van der Waals surface area contributed by atoms with E-state index in [4.69, 9.17) is 16.6 Å². The fraction of sp³-hybridized carbons (Fsp3) is 0.383. The Balaban J connectivity index is 0.944. The summed E-state index contributed by atoms with van der Waals surface area (Å²) >= 11 is 6.26. The van der Waals surface area contributed by atoms with Crippen molar-refractivity contribution in [3.05, 3.63) is 112 Å². The quantitative estimate of drug-likeness (QED) is 0.0952. The van der Waals surface area contributed by atoms with Gasteiger partial charge >= 0.3 is 0 Å². The van der Waals surface area contributed by atoms with Gasteiger partial charge in [0.05, 0.1) is 39.8 Å². The molecule has 3 aliphatic rings. The lowest BCUT2D eigenvalue weighted by Crippen LogP contribution is -2.47. The summed E-state index contributed by atoms with van der Waals surface area (Å²) in [6.07, 6.45) is 9.06. The highest BCUT2D eigenvalue weighted by Gasteiger charge is 2.31. The number of piperidine rings is 1. The molecular weight excluding hydrogens is 900 g/mol. The van der Waals surface area contributed by atoms with Gasteiger partial charge in [0.25, 0.3) is 15.9 Å². The van der Waals surface area contributed by atoms with Gasteiger partial charge in [0.15, 0.2) is 0 Å². The zero-order chi connectivity index (χ0) is 46.4. The average Bonchev–Trinajstić information content (AvgIpc) is 3.94. The van der Waals surface area contributed by atoms with Gasteiger partial charge in [-0.15, -0.1) is 4.91 Å². The van der Waals surface area contributed by atoms with Crippen LogP contribution in [0.4, 0.5) is 17.1 Å². The Kier molecular flexibility index (Phi) is 12.5. The molecule has 16 nitrogen and oxygen atoms in total. The molecular formula is C47H53ClN10O6S2. The number of nitrogens with zero attached hydrogens (tertiary/aromatic N) is 7. The van der Waals surface area contributed by atoms with Gasteiger partial charge in [0.2, 0.25) is 10.0 Å². The topological polar surface area (TPSA) is 195 Å². The number of halogens is 1. The third-order valence-electron chi connectivity index (χ3n) is 13.3. The number of aromatic amines is 1. The Morgan fingerprint density at radius 2 is 1.70 bits per heavy atom. The average molecular weight is 954 g/mol. The number of allylic oxidation sites excluding steroid dienone is 1. The van der Waals surface area contributed by atoms with E-state index in [-0.39, 0.29) is 27.5 Å². The number of H-pyrrole nitrogens is 1. The highest BCUT2D eigenvalue weighted by Crippen LogP contribution is 2.43. The van der Waals surface area contributed by atoms with Gasteiger partial charge in [-0.25, -0.2) is 35.5 Å². The molecule has 9 rings (SSSR count). The lowest BCUT2D eigenvalue weighted by molar-refractivity contribution is 0.0981. The predicted octanol–water partition coefficient (Wildman–Crippen LogP) is 7.94. The van der Waals surface area contributed by atoms with Gasteiger partial charge < -0.3 is 15.2 Å². The number of nitrogens with one attached hydrogen (secondary N) is 3. The fourth-order valence-electron chi connectivity index (χ4n) is 9.44. The van der Waals surface area contributed by atoms with E-state index in [1.165, 1.54) is 39.4 Å². The van der Waals surface area contributed by atoms with Crippen molar-refractivity contribution in [2.24, 2.45) is 16.5 Å². The normalized spacial score (nSPS) is 18.0. The Morgan fingerprint density at radius 3 is 2.42 bits per heavy atom. The van der Waals surface area contributed by atoms with Crippen LogP contribution in [-0.2, 0) is 20.0 Å². The Hall–Kier alpha value is -5.66. The van der Waals surface area contributed by atoms with E-state index in [0.717, 1.165) is 74.1 Å². The second-order valence-electron chi connectivity index (χ2n) is 18.5. The third kappa shape index (κ3) is 9.74. The van der Waals surface area contributed by atoms with Crippen molar-refractivity contribution in [1.29, 1.82) is 0 Å². The highest BCUT2D eigenvalue weighted by atomic mass is 35.5. The van der Waals surface area contributed by atoms with Gasteiger partial charge in [-0.3, -0.25) is 9.69 Å². The number of carbonyl (C=O) groups is 1. The van der Waals surface area contributed by atoms with Crippen molar-refractivity contribution in [3.63, 3.8) is 0 Å². The molecule has 0 bridgehead atoms. The maximum Gasteiger partial charge on any atom is 0.267 e. The SMILES string of the molecule is CC1(C)CCC(CN2CCN(c3ccc(C(=O)NS(=O)(=O)c4ccc(NCC5CCN(S(C)(=O)=O)CC5)c(N=O)c4)c(-n4ncc5nc6[nH]ccc6cc54)c3)CC2)=C(c2ccc(Cl)cc2)C1. The number of hydrogen-bond donors (Lipinski definition) is 3. The molecule has 3 aromatic heterocycles. The summed E-state index contributed by atoms with van der Waals surface area (Å²) < 4.78 is 56.9. The van der Waals surface area contributed by atoms with E-state index < -0.39 is 26.0 Å². The molecule has 346 valence electrons. The van der Waals surface area contributed by atoms with Crippen LogP contribution in [0.25, 0.3) is 33.3 Å². The summed E-state index contributed by atoms with van der Waals surface area (Å²) in [5, 5.41) is 12.5. The van der Waals surface area contributed by atoms with Crippen molar-refractivity contribution in [3.8, 4) is 5.69 Å². The molecule has 0 spiro atoms. The van der Waals surface area contributed by atoms with E-state index in [9.17, 15) is 26.5 Å². The Morgan fingerprint density at radius 1 is 0.939 bits per heavy atom. The number of amides is 1. The van der Waals surface area contributed by atoms with E-state index in [0.29, 0.717) is 60.5 Å². The van der Waals surface area contributed by atoms with E-state index in [1.807, 2.05) is 36.4 Å². The van der Waals surface area contributed by atoms with Crippen molar-refractivity contribution in [2.45, 2.75) is 50.8 Å². The molecule has 6 aromatic rings. The number of hydrogen-bond acceptors (Lipinski definition) is 12. The third-order valence-corrected chi connectivity index (χ3v) is 16.2. The van der Waals surface area contributed by atoms with Crippen LogP contribution in [-0.4, -0.2) is 110 Å². The first-order chi connectivity index (χ1) is 31.5. The van der Waals surface area contributed by atoms with Crippen LogP contribution in [0.2, 0.25) is 5.02 Å². The van der Waals surface area contributed by atoms with Crippen LogP contribution < -0.4 is 14.9 Å². The van der Waals surface area contributed by atoms with Gasteiger partial charge in [0.1, 0.15) is 16.9 Å². The maximum absolute atomic E-state index is 14.2. The second kappa shape index (κ2) is 18.2. The molecule has 66 heavy (non-hydrogen) atoms. The van der Waals surface area contributed by atoms with E-state index in [2.05, 4.69) is 61.1 Å². The monoisotopic (exact) mass is 952 g/mol. The molecule has 0 atom stereocenters. The summed E-state index contributed by atoms with van der Waals surface area (Å²) in [5.41, 5.74) is 7.72. The molecule has 19 heteroatoms. The zero-order valence-electron chi connectivity index (χ0n) is 37.1. The highest BCUT2D eigenvalue weighted by molar-refractivity contribution is 7.90. The minimum absolute atomic E-state index is 0.0657.